The summed E-state index contributed by atoms with van der Waals surface area (Å²) < 4.78 is 74.2. The number of carbonyl (C=O) groups excluding carboxylic acids is 3. The molecule has 0 N–H and O–H groups in total. The summed E-state index contributed by atoms with van der Waals surface area (Å²) in [6.07, 6.45) is -1.74. The Labute approximate surface area is 165 Å². The number of rotatable bonds is 3. The van der Waals surface area contributed by atoms with E-state index >= 15 is 0 Å². The lowest BCUT2D eigenvalue weighted by Gasteiger charge is -2.34. The Bertz CT molecular complexity index is 819. The van der Waals surface area contributed by atoms with E-state index in [9.17, 15) is 36.0 Å². The molecule has 0 saturated heterocycles. The minimum atomic E-state index is -6.08. The summed E-state index contributed by atoms with van der Waals surface area (Å²) >= 11 is 0. The third-order valence-electron chi connectivity index (χ3n) is 3.00. The van der Waals surface area contributed by atoms with E-state index < -0.39 is 63.0 Å². The van der Waals surface area contributed by atoms with Crippen LogP contribution in [0.15, 0.2) is 11.8 Å². The van der Waals surface area contributed by atoms with E-state index in [0.29, 0.717) is 11.0 Å². The maximum atomic E-state index is 12.6. The van der Waals surface area contributed by atoms with Gasteiger partial charge in [0.25, 0.3) is 5.91 Å². The van der Waals surface area contributed by atoms with Crippen LogP contribution >= 0.6 is 0 Å². The maximum Gasteiger partial charge on any atom is 0.534 e. The van der Waals surface area contributed by atoms with E-state index in [4.69, 9.17) is 9.47 Å². The van der Waals surface area contributed by atoms with Gasteiger partial charge in [-0.3, -0.25) is 4.79 Å². The van der Waals surface area contributed by atoms with Crippen LogP contribution in [0.3, 0.4) is 0 Å². The average molecular weight is 445 g/mol. The lowest BCUT2D eigenvalue weighted by atomic mass is 10.1. The molecule has 9 nitrogen and oxygen atoms in total. The van der Waals surface area contributed by atoms with Gasteiger partial charge >= 0.3 is 27.7 Å². The zero-order valence-electron chi connectivity index (χ0n) is 16.6. The third-order valence-corrected chi connectivity index (χ3v) is 4.00. The van der Waals surface area contributed by atoms with Crippen LogP contribution in [-0.2, 0) is 33.4 Å². The highest BCUT2D eigenvalue weighted by Crippen LogP contribution is 2.31. The van der Waals surface area contributed by atoms with Gasteiger partial charge in [0.15, 0.2) is 0 Å². The maximum absolute atomic E-state index is 12.6. The molecule has 0 saturated carbocycles. The Kier molecular flexibility index (Phi) is 6.69. The largest absolute Gasteiger partial charge is 0.534 e. The molecule has 0 unspecified atom stereocenters. The Balaban J connectivity index is 3.31. The topological polar surface area (TPSA) is 116 Å². The highest BCUT2D eigenvalue weighted by molar-refractivity contribution is 7.87. The fraction of sp³-hybridized carbons (Fsp3) is 0.688. The molecular formula is C16H22F3NO8S. The molecule has 1 heterocycles. The number of imide groups is 1. The number of amides is 2. The molecule has 0 aromatic heterocycles. The van der Waals surface area contributed by atoms with Crippen molar-refractivity contribution in [3.8, 4) is 0 Å². The van der Waals surface area contributed by atoms with Gasteiger partial charge in [0.1, 0.15) is 23.0 Å². The first kappa shape index (κ1) is 24.7. The molecule has 1 atom stereocenters. The molecule has 166 valence electrons. The van der Waals surface area contributed by atoms with Gasteiger partial charge in [-0.25, -0.2) is 14.5 Å². The Hall–Kier alpha value is -2.31. The molecule has 1 rings (SSSR count). The van der Waals surface area contributed by atoms with Gasteiger partial charge in [0.2, 0.25) is 0 Å². The number of alkyl halides is 3. The van der Waals surface area contributed by atoms with Crippen LogP contribution in [0.2, 0.25) is 0 Å². The van der Waals surface area contributed by atoms with Gasteiger partial charge in [-0.05, 0) is 41.5 Å². The number of esters is 1. The van der Waals surface area contributed by atoms with Crippen molar-refractivity contribution in [3.05, 3.63) is 11.8 Å². The van der Waals surface area contributed by atoms with Crippen LogP contribution in [0, 0.1) is 0 Å². The quantitative estimate of drug-likeness (QED) is 0.370. The van der Waals surface area contributed by atoms with Crippen LogP contribution in [0.25, 0.3) is 0 Å². The van der Waals surface area contributed by atoms with Crippen molar-refractivity contribution in [2.45, 2.75) is 70.7 Å². The number of hydrogen-bond donors (Lipinski definition) is 0. The molecular weight excluding hydrogens is 423 g/mol. The van der Waals surface area contributed by atoms with E-state index in [1.807, 2.05) is 0 Å². The number of nitrogens with zero attached hydrogens (tertiary/aromatic N) is 1. The number of carbonyl (C=O) groups is 3. The molecule has 2 amide bonds. The van der Waals surface area contributed by atoms with Gasteiger partial charge in [0, 0.05) is 12.5 Å². The van der Waals surface area contributed by atoms with Crippen LogP contribution in [-0.4, -0.2) is 54.0 Å². The first-order valence-electron chi connectivity index (χ1n) is 8.24. The predicted molar refractivity (Wildman–Crippen MR) is 91.5 cm³/mol. The van der Waals surface area contributed by atoms with Gasteiger partial charge in [0.05, 0.1) is 0 Å². The SMILES string of the molecule is CC(C)(C)OC(=O)[C@H]1CC(OS(=O)(=O)C(F)(F)F)=CC(=O)N1C(=O)OC(C)(C)C. The molecule has 1 aliphatic rings. The summed E-state index contributed by atoms with van der Waals surface area (Å²) in [4.78, 5) is 37.5. The smallest absolute Gasteiger partial charge is 0.458 e. The van der Waals surface area contributed by atoms with Crippen LogP contribution in [0.1, 0.15) is 48.0 Å². The molecule has 1 aliphatic heterocycles. The van der Waals surface area contributed by atoms with Crippen LogP contribution < -0.4 is 0 Å². The van der Waals surface area contributed by atoms with Crippen molar-refractivity contribution in [1.82, 2.24) is 4.90 Å². The second-order valence-corrected chi connectivity index (χ2v) is 9.57. The van der Waals surface area contributed by atoms with Crippen molar-refractivity contribution in [2.75, 3.05) is 0 Å². The van der Waals surface area contributed by atoms with Crippen molar-refractivity contribution in [3.63, 3.8) is 0 Å². The van der Waals surface area contributed by atoms with Gasteiger partial charge in [-0.1, -0.05) is 0 Å². The fourth-order valence-corrected chi connectivity index (χ4v) is 2.53. The zero-order valence-corrected chi connectivity index (χ0v) is 17.4. The summed E-state index contributed by atoms with van der Waals surface area (Å²) in [6.45, 7) is 8.91. The molecule has 0 aromatic carbocycles. The van der Waals surface area contributed by atoms with Gasteiger partial charge < -0.3 is 13.7 Å². The summed E-state index contributed by atoms with van der Waals surface area (Å²) in [7, 11) is -6.08. The van der Waals surface area contributed by atoms with Crippen LogP contribution in [0.4, 0.5) is 18.0 Å². The highest BCUT2D eigenvalue weighted by Gasteiger charge is 2.50. The van der Waals surface area contributed by atoms with Gasteiger partial charge in [-0.15, -0.1) is 0 Å². The third kappa shape index (κ3) is 6.91. The van der Waals surface area contributed by atoms with Crippen molar-refractivity contribution < 1.29 is 49.6 Å². The van der Waals surface area contributed by atoms with Crippen molar-refractivity contribution in [1.29, 1.82) is 0 Å². The molecule has 0 bridgehead atoms. The Morgan fingerprint density at radius 1 is 1.03 bits per heavy atom. The monoisotopic (exact) mass is 445 g/mol. The normalized spacial score (nSPS) is 18.8. The molecule has 29 heavy (non-hydrogen) atoms. The fourth-order valence-electron chi connectivity index (χ4n) is 2.03. The molecule has 13 heteroatoms. The zero-order chi connectivity index (χ0) is 23.0. The number of halogens is 3. The lowest BCUT2D eigenvalue weighted by Crippen LogP contribution is -2.53. The Morgan fingerprint density at radius 3 is 1.93 bits per heavy atom. The average Bonchev–Trinajstić information content (AvgIpc) is 2.40. The van der Waals surface area contributed by atoms with E-state index in [2.05, 4.69) is 4.18 Å². The minimum Gasteiger partial charge on any atom is -0.458 e. The van der Waals surface area contributed by atoms with E-state index in [0.717, 1.165) is 0 Å². The Morgan fingerprint density at radius 2 is 1.52 bits per heavy atom. The molecule has 0 fully saturated rings. The summed E-state index contributed by atoms with van der Waals surface area (Å²) in [6, 6.07) is -1.79. The standard InChI is InChI=1S/C16H22F3NO8S/c1-14(2,3)26-12(22)10-7-9(28-29(24,25)16(17,18)19)8-11(21)20(10)13(23)27-15(4,5)6/h8,10H,7H2,1-6H3/t10-/m1/s1. The summed E-state index contributed by atoms with van der Waals surface area (Å²) in [5, 5.41) is 0. The number of hydrogen-bond acceptors (Lipinski definition) is 8. The van der Waals surface area contributed by atoms with E-state index in [1.165, 1.54) is 41.5 Å². The first-order valence-corrected chi connectivity index (χ1v) is 9.65. The first-order chi connectivity index (χ1) is 12.7. The summed E-state index contributed by atoms with van der Waals surface area (Å²) in [5.74, 6) is -3.42. The van der Waals surface area contributed by atoms with E-state index in [1.54, 1.807) is 0 Å². The van der Waals surface area contributed by atoms with Crippen molar-refractivity contribution >= 4 is 28.1 Å². The van der Waals surface area contributed by atoms with Crippen LogP contribution in [0.5, 0.6) is 0 Å². The lowest BCUT2D eigenvalue weighted by molar-refractivity contribution is -0.164. The predicted octanol–water partition coefficient (Wildman–Crippen LogP) is 2.61. The van der Waals surface area contributed by atoms with Crippen molar-refractivity contribution in [2.24, 2.45) is 0 Å². The second-order valence-electron chi connectivity index (χ2n) is 8.04. The molecule has 0 aromatic rings. The highest BCUT2D eigenvalue weighted by atomic mass is 32.2. The summed E-state index contributed by atoms with van der Waals surface area (Å²) in [5.41, 5.74) is -7.88. The molecule has 0 spiro atoms. The second kappa shape index (κ2) is 7.84. The number of ether oxygens (including phenoxy) is 2. The molecule has 0 radical (unpaired) electrons. The van der Waals surface area contributed by atoms with Gasteiger partial charge in [-0.2, -0.15) is 21.6 Å². The molecule has 0 aliphatic carbocycles. The minimum absolute atomic E-state index is 0.340. The van der Waals surface area contributed by atoms with E-state index in [-0.39, 0.29) is 0 Å².